The molecule has 190 valence electrons. The number of thioether (sulfide) groups is 1. The van der Waals surface area contributed by atoms with Crippen LogP contribution in [0.4, 0.5) is 4.79 Å². The first-order chi connectivity index (χ1) is 16.3. The molecule has 0 spiro atoms. The van der Waals surface area contributed by atoms with Crippen LogP contribution in [0.15, 0.2) is 9.64 Å². The first kappa shape index (κ1) is 26.5. The lowest BCUT2D eigenvalue weighted by atomic mass is 9.80. The minimum Gasteiger partial charge on any atom is -0.408 e. The lowest BCUT2D eigenvalue weighted by molar-refractivity contribution is -0.129. The molecule has 0 bridgehead atoms. The average molecular weight is 496 g/mol. The molecular weight excluding hydrogens is 458 g/mol. The highest BCUT2D eigenvalue weighted by Gasteiger charge is 2.43. The van der Waals surface area contributed by atoms with Gasteiger partial charge in [-0.2, -0.15) is 0 Å². The number of unbranched alkanes of at least 4 members (excludes halogenated alkanes) is 1. The topological polar surface area (TPSA) is 127 Å². The number of carbonyl (C=O) groups excluding carboxylic acids is 3. The predicted octanol–water partition coefficient (Wildman–Crippen LogP) is 3.17. The van der Waals surface area contributed by atoms with Crippen LogP contribution in [-0.4, -0.2) is 76.0 Å². The fraction of sp³-hybridized carbons (Fsp3) is 0.783. The number of hydrogen-bond donors (Lipinski definition) is 2. The van der Waals surface area contributed by atoms with Crippen LogP contribution in [0.1, 0.15) is 82.8 Å². The molecule has 0 aromatic carbocycles. The Kier molecular flexibility index (Phi) is 9.75. The Morgan fingerprint density at radius 1 is 1.12 bits per heavy atom. The van der Waals surface area contributed by atoms with E-state index in [1.54, 1.807) is 4.90 Å². The van der Waals surface area contributed by atoms with Gasteiger partial charge in [-0.05, 0) is 19.3 Å². The van der Waals surface area contributed by atoms with Crippen molar-refractivity contribution < 1.29 is 23.5 Å². The SMILES string of the molecule is CCCC[C@H](NC(=O)C1(NC(=O)N2CCOCC2)CCCCC1)C(=O)c1nnc(SC(C)C)o1. The van der Waals surface area contributed by atoms with Crippen LogP contribution in [0.25, 0.3) is 0 Å². The third kappa shape index (κ3) is 6.94. The van der Waals surface area contributed by atoms with Crippen molar-refractivity contribution >= 4 is 29.5 Å². The molecule has 3 amide bonds. The monoisotopic (exact) mass is 495 g/mol. The van der Waals surface area contributed by atoms with Gasteiger partial charge in [-0.25, -0.2) is 4.79 Å². The molecule has 2 heterocycles. The molecule has 2 aliphatic rings. The number of hydrogen-bond acceptors (Lipinski definition) is 8. The van der Waals surface area contributed by atoms with E-state index >= 15 is 0 Å². The number of nitrogens with zero attached hydrogens (tertiary/aromatic N) is 3. The molecule has 1 aliphatic carbocycles. The van der Waals surface area contributed by atoms with Crippen molar-refractivity contribution in [1.29, 1.82) is 0 Å². The van der Waals surface area contributed by atoms with Crippen LogP contribution in [0.3, 0.4) is 0 Å². The summed E-state index contributed by atoms with van der Waals surface area (Å²) < 4.78 is 10.9. The van der Waals surface area contributed by atoms with Crippen LogP contribution < -0.4 is 10.6 Å². The number of urea groups is 1. The van der Waals surface area contributed by atoms with Gasteiger partial charge in [-0.3, -0.25) is 9.59 Å². The average Bonchev–Trinajstić information content (AvgIpc) is 3.30. The standard InChI is InChI=1S/C23H37N5O5S/c1-4-5-9-17(18(29)19-26-27-22(33-19)34-16(2)3)24-20(30)23(10-7-6-8-11-23)25-21(31)28-12-14-32-15-13-28/h16-17H,4-15H2,1-3H3,(H,24,30)(H,25,31)/t17-/m0/s1. The molecule has 11 heteroatoms. The minimum atomic E-state index is -1.04. The van der Waals surface area contributed by atoms with E-state index in [-0.39, 0.29) is 23.1 Å². The molecule has 1 aromatic rings. The van der Waals surface area contributed by atoms with E-state index in [1.165, 1.54) is 11.8 Å². The molecular formula is C23H37N5O5S. The number of Topliss-reactive ketones (excluding diaryl/α,β-unsaturated/α-hetero) is 1. The Hall–Kier alpha value is -2.14. The van der Waals surface area contributed by atoms with Gasteiger partial charge in [-0.1, -0.05) is 64.6 Å². The normalized spacial score (nSPS) is 19.0. The van der Waals surface area contributed by atoms with E-state index in [0.717, 1.165) is 32.1 Å². The zero-order valence-electron chi connectivity index (χ0n) is 20.4. The molecule has 0 radical (unpaired) electrons. The Labute approximate surface area is 205 Å². The fourth-order valence-electron chi connectivity index (χ4n) is 4.30. The molecule has 10 nitrogen and oxygen atoms in total. The molecule has 1 saturated carbocycles. The summed E-state index contributed by atoms with van der Waals surface area (Å²) in [5, 5.41) is 14.4. The summed E-state index contributed by atoms with van der Waals surface area (Å²) in [6.07, 6.45) is 5.86. The number of nitrogens with one attached hydrogen (secondary N) is 2. The van der Waals surface area contributed by atoms with Gasteiger partial charge < -0.3 is 24.7 Å². The first-order valence-electron chi connectivity index (χ1n) is 12.3. The summed E-state index contributed by atoms with van der Waals surface area (Å²) in [5.41, 5.74) is -1.04. The zero-order chi connectivity index (χ0) is 24.6. The summed E-state index contributed by atoms with van der Waals surface area (Å²) in [5.74, 6) is -0.811. The summed E-state index contributed by atoms with van der Waals surface area (Å²) >= 11 is 1.38. The van der Waals surface area contributed by atoms with Gasteiger partial charge >= 0.3 is 6.03 Å². The van der Waals surface area contributed by atoms with Crippen molar-refractivity contribution in [3.8, 4) is 0 Å². The lowest BCUT2D eigenvalue weighted by Gasteiger charge is -2.39. The van der Waals surface area contributed by atoms with Crippen LogP contribution >= 0.6 is 11.8 Å². The third-order valence-electron chi connectivity index (χ3n) is 6.21. The number of ketones is 1. The van der Waals surface area contributed by atoms with Crippen LogP contribution in [0, 0.1) is 0 Å². The zero-order valence-corrected chi connectivity index (χ0v) is 21.2. The summed E-state index contributed by atoms with van der Waals surface area (Å²) in [4.78, 5) is 41.5. The van der Waals surface area contributed by atoms with Crippen LogP contribution in [0.5, 0.6) is 0 Å². The van der Waals surface area contributed by atoms with Gasteiger partial charge in [0.05, 0.1) is 19.3 Å². The summed E-state index contributed by atoms with van der Waals surface area (Å²) in [6.45, 7) is 7.98. The maximum atomic E-state index is 13.6. The number of amides is 3. The highest BCUT2D eigenvalue weighted by atomic mass is 32.2. The van der Waals surface area contributed by atoms with Gasteiger partial charge in [-0.15, -0.1) is 10.2 Å². The maximum absolute atomic E-state index is 13.6. The Morgan fingerprint density at radius 3 is 2.47 bits per heavy atom. The molecule has 1 aromatic heterocycles. The molecule has 2 fully saturated rings. The minimum absolute atomic E-state index is 0.0976. The van der Waals surface area contributed by atoms with Crippen molar-refractivity contribution in [1.82, 2.24) is 25.7 Å². The number of carbonyl (C=O) groups is 3. The number of rotatable bonds is 10. The number of aromatic nitrogens is 2. The maximum Gasteiger partial charge on any atom is 0.318 e. The van der Waals surface area contributed by atoms with E-state index in [4.69, 9.17) is 9.15 Å². The molecule has 1 aliphatic heterocycles. The summed E-state index contributed by atoms with van der Waals surface area (Å²) in [7, 11) is 0. The second kappa shape index (κ2) is 12.5. The second-order valence-electron chi connectivity index (χ2n) is 9.24. The van der Waals surface area contributed by atoms with Crippen molar-refractivity contribution in [2.24, 2.45) is 0 Å². The molecule has 34 heavy (non-hydrogen) atoms. The molecule has 1 atom stereocenters. The van der Waals surface area contributed by atoms with E-state index in [1.807, 2.05) is 20.8 Å². The molecule has 3 rings (SSSR count). The van der Waals surface area contributed by atoms with Gasteiger partial charge in [0.15, 0.2) is 0 Å². The van der Waals surface area contributed by atoms with E-state index in [9.17, 15) is 14.4 Å². The molecule has 2 N–H and O–H groups in total. The van der Waals surface area contributed by atoms with Crippen molar-refractivity contribution in [2.75, 3.05) is 26.3 Å². The summed E-state index contributed by atoms with van der Waals surface area (Å²) in [6, 6.07) is -1.05. The van der Waals surface area contributed by atoms with Gasteiger partial charge in [0.2, 0.25) is 11.7 Å². The first-order valence-corrected chi connectivity index (χ1v) is 13.2. The third-order valence-corrected chi connectivity index (χ3v) is 7.05. The Morgan fingerprint density at radius 2 is 1.82 bits per heavy atom. The van der Waals surface area contributed by atoms with Crippen molar-refractivity contribution in [2.45, 2.75) is 94.2 Å². The largest absolute Gasteiger partial charge is 0.408 e. The van der Waals surface area contributed by atoms with E-state index in [2.05, 4.69) is 20.8 Å². The number of ether oxygens (including phenoxy) is 1. The predicted molar refractivity (Wildman–Crippen MR) is 128 cm³/mol. The quantitative estimate of drug-likeness (QED) is 0.374. The van der Waals surface area contributed by atoms with Gasteiger partial charge in [0.25, 0.3) is 11.1 Å². The van der Waals surface area contributed by atoms with Crippen LogP contribution in [0.2, 0.25) is 0 Å². The van der Waals surface area contributed by atoms with Crippen molar-refractivity contribution in [3.05, 3.63) is 5.89 Å². The smallest absolute Gasteiger partial charge is 0.318 e. The van der Waals surface area contributed by atoms with E-state index in [0.29, 0.717) is 50.8 Å². The number of morpholine rings is 1. The van der Waals surface area contributed by atoms with E-state index < -0.39 is 17.4 Å². The lowest BCUT2D eigenvalue weighted by Crippen LogP contribution is -2.64. The van der Waals surface area contributed by atoms with Gasteiger partial charge in [0, 0.05) is 18.3 Å². The highest BCUT2D eigenvalue weighted by molar-refractivity contribution is 7.99. The Bertz CT molecular complexity index is 833. The van der Waals surface area contributed by atoms with Gasteiger partial charge in [0.1, 0.15) is 5.54 Å². The second-order valence-corrected chi connectivity index (χ2v) is 10.8. The van der Waals surface area contributed by atoms with Crippen LogP contribution in [-0.2, 0) is 9.53 Å². The molecule has 1 saturated heterocycles. The fourth-order valence-corrected chi connectivity index (χ4v) is 4.91. The Balaban J connectivity index is 1.74. The van der Waals surface area contributed by atoms with Crippen molar-refractivity contribution in [3.63, 3.8) is 0 Å². The highest BCUT2D eigenvalue weighted by Crippen LogP contribution is 2.29. The molecule has 0 unspecified atom stereocenters.